The molecule has 2 N–H and O–H groups in total. The first-order valence-corrected chi connectivity index (χ1v) is 13.4. The zero-order chi connectivity index (χ0) is 27.7. The van der Waals surface area contributed by atoms with E-state index < -0.39 is 0 Å². The summed E-state index contributed by atoms with van der Waals surface area (Å²) in [6.07, 6.45) is 3.79. The summed E-state index contributed by atoms with van der Waals surface area (Å²) < 4.78 is 29.0. The Kier molecular flexibility index (Phi) is 5.06. The number of nitrogens with zero attached hydrogens (tertiary/aromatic N) is 2. The van der Waals surface area contributed by atoms with Crippen molar-refractivity contribution in [3.05, 3.63) is 121 Å². The van der Waals surface area contributed by atoms with E-state index in [0.29, 0.717) is 11.2 Å². The molecule has 0 bridgehead atoms. The summed E-state index contributed by atoms with van der Waals surface area (Å²) in [6, 6.07) is 28.0. The molecule has 4 nitrogen and oxygen atoms in total. The molecule has 4 heterocycles. The second-order valence-electron chi connectivity index (χ2n) is 10.3. The predicted molar refractivity (Wildman–Crippen MR) is 162 cm³/mol. The monoisotopic (exact) mass is 536 g/mol. The van der Waals surface area contributed by atoms with Gasteiger partial charge in [0.25, 0.3) is 0 Å². The SMILES string of the molecule is Cc1cccc2c(-c3ccc4c(-c5cccc6nc(-c7c[nH]c8cc(F)ccc78)ccc56)ccc(F)c4n3)c[nH]c12. The summed E-state index contributed by atoms with van der Waals surface area (Å²) in [7, 11) is 0. The number of pyridine rings is 2. The van der Waals surface area contributed by atoms with Crippen LogP contribution >= 0.6 is 0 Å². The van der Waals surface area contributed by atoms with Crippen molar-refractivity contribution in [2.75, 3.05) is 0 Å². The van der Waals surface area contributed by atoms with E-state index >= 15 is 4.39 Å². The first-order chi connectivity index (χ1) is 20.0. The molecule has 8 rings (SSSR count). The molecule has 0 amide bonds. The van der Waals surface area contributed by atoms with Gasteiger partial charge in [-0.25, -0.2) is 18.7 Å². The number of para-hydroxylation sites is 1. The number of rotatable bonds is 3. The lowest BCUT2D eigenvalue weighted by molar-refractivity contribution is 0.629. The maximum Gasteiger partial charge on any atom is 0.149 e. The van der Waals surface area contributed by atoms with Crippen molar-refractivity contribution in [2.24, 2.45) is 0 Å². The van der Waals surface area contributed by atoms with Crippen LogP contribution < -0.4 is 0 Å². The zero-order valence-corrected chi connectivity index (χ0v) is 22.0. The van der Waals surface area contributed by atoms with Crippen LogP contribution in [0.1, 0.15) is 5.56 Å². The highest BCUT2D eigenvalue weighted by molar-refractivity contribution is 6.06. The number of hydrogen-bond donors (Lipinski definition) is 2. The molecule has 8 aromatic rings. The van der Waals surface area contributed by atoms with Gasteiger partial charge in [0, 0.05) is 56.1 Å². The average molecular weight is 537 g/mol. The van der Waals surface area contributed by atoms with Crippen molar-refractivity contribution >= 4 is 43.6 Å². The van der Waals surface area contributed by atoms with Crippen molar-refractivity contribution in [2.45, 2.75) is 6.92 Å². The number of hydrogen-bond acceptors (Lipinski definition) is 2. The molecule has 0 unspecified atom stereocenters. The van der Waals surface area contributed by atoms with E-state index in [1.165, 1.54) is 18.2 Å². The Bertz CT molecular complexity index is 2310. The van der Waals surface area contributed by atoms with Gasteiger partial charge in [-0.3, -0.25) is 0 Å². The Morgan fingerprint density at radius 1 is 0.585 bits per heavy atom. The molecule has 4 aromatic heterocycles. The fourth-order valence-electron chi connectivity index (χ4n) is 5.94. The number of H-pyrrole nitrogens is 2. The van der Waals surface area contributed by atoms with Gasteiger partial charge in [0.2, 0.25) is 0 Å². The molecule has 196 valence electrons. The number of benzene rings is 4. The summed E-state index contributed by atoms with van der Waals surface area (Å²) in [5, 5.41) is 3.65. The zero-order valence-electron chi connectivity index (χ0n) is 22.0. The quantitative estimate of drug-likeness (QED) is 0.236. The van der Waals surface area contributed by atoms with Gasteiger partial charge in [-0.05, 0) is 72.1 Å². The van der Waals surface area contributed by atoms with Crippen molar-refractivity contribution in [1.29, 1.82) is 0 Å². The number of fused-ring (bicyclic) bond motifs is 4. The smallest absolute Gasteiger partial charge is 0.149 e. The minimum Gasteiger partial charge on any atom is -0.360 e. The lowest BCUT2D eigenvalue weighted by Gasteiger charge is -2.12. The van der Waals surface area contributed by atoms with E-state index in [4.69, 9.17) is 9.97 Å². The van der Waals surface area contributed by atoms with Crippen LogP contribution in [-0.2, 0) is 0 Å². The molecule has 0 fully saturated rings. The molecule has 0 aliphatic heterocycles. The molecule has 0 saturated heterocycles. The molecule has 0 aliphatic rings. The minimum atomic E-state index is -0.363. The van der Waals surface area contributed by atoms with Crippen LogP contribution in [0.3, 0.4) is 0 Å². The van der Waals surface area contributed by atoms with Crippen molar-refractivity contribution < 1.29 is 8.78 Å². The van der Waals surface area contributed by atoms with Crippen LogP contribution in [-0.4, -0.2) is 19.9 Å². The van der Waals surface area contributed by atoms with Crippen LogP contribution in [0, 0.1) is 18.6 Å². The van der Waals surface area contributed by atoms with Gasteiger partial charge in [0.15, 0.2) is 0 Å². The van der Waals surface area contributed by atoms with Crippen LogP contribution in [0.4, 0.5) is 8.78 Å². The Labute approximate surface area is 233 Å². The van der Waals surface area contributed by atoms with Gasteiger partial charge in [0.1, 0.15) is 17.2 Å². The summed E-state index contributed by atoms with van der Waals surface area (Å²) in [5.74, 6) is -0.648. The number of aromatic nitrogens is 4. The van der Waals surface area contributed by atoms with Crippen molar-refractivity contribution in [3.8, 4) is 33.6 Å². The summed E-state index contributed by atoms with van der Waals surface area (Å²) in [6.45, 7) is 2.06. The third kappa shape index (κ3) is 3.64. The van der Waals surface area contributed by atoms with Crippen LogP contribution in [0.5, 0.6) is 0 Å². The first kappa shape index (κ1) is 23.5. The highest BCUT2D eigenvalue weighted by Gasteiger charge is 2.16. The summed E-state index contributed by atoms with van der Waals surface area (Å²) >= 11 is 0. The van der Waals surface area contributed by atoms with Crippen molar-refractivity contribution in [3.63, 3.8) is 0 Å². The third-order valence-electron chi connectivity index (χ3n) is 7.95. The number of aromatic amines is 2. The van der Waals surface area contributed by atoms with E-state index in [-0.39, 0.29) is 11.6 Å². The topological polar surface area (TPSA) is 57.4 Å². The molecule has 0 atom stereocenters. The van der Waals surface area contributed by atoms with Gasteiger partial charge < -0.3 is 9.97 Å². The van der Waals surface area contributed by atoms with Crippen LogP contribution in [0.25, 0.3) is 77.3 Å². The summed E-state index contributed by atoms with van der Waals surface area (Å²) in [5.41, 5.74) is 9.26. The predicted octanol–water partition coefficient (Wildman–Crippen LogP) is 9.33. The normalized spacial score (nSPS) is 11.8. The number of halogens is 2. The van der Waals surface area contributed by atoms with Crippen LogP contribution in [0.2, 0.25) is 0 Å². The Morgan fingerprint density at radius 2 is 1.32 bits per heavy atom. The van der Waals surface area contributed by atoms with Gasteiger partial charge in [-0.15, -0.1) is 0 Å². The Hall–Kier alpha value is -5.36. The van der Waals surface area contributed by atoms with Gasteiger partial charge in [0.05, 0.1) is 16.9 Å². The van der Waals surface area contributed by atoms with E-state index in [1.54, 1.807) is 6.07 Å². The van der Waals surface area contributed by atoms with Gasteiger partial charge >= 0.3 is 0 Å². The lowest BCUT2D eigenvalue weighted by atomic mass is 9.95. The van der Waals surface area contributed by atoms with Gasteiger partial charge in [-0.2, -0.15) is 0 Å². The highest BCUT2D eigenvalue weighted by Crippen LogP contribution is 2.37. The number of aryl methyl sites for hydroxylation is 1. The molecular weight excluding hydrogens is 514 g/mol. The second-order valence-corrected chi connectivity index (χ2v) is 10.3. The third-order valence-corrected chi connectivity index (χ3v) is 7.95. The molecular formula is C35H22F2N4. The van der Waals surface area contributed by atoms with E-state index in [2.05, 4.69) is 29.0 Å². The molecule has 0 spiro atoms. The van der Waals surface area contributed by atoms with E-state index in [9.17, 15) is 4.39 Å². The largest absolute Gasteiger partial charge is 0.360 e. The summed E-state index contributed by atoms with van der Waals surface area (Å²) in [4.78, 5) is 16.2. The molecule has 4 aromatic carbocycles. The van der Waals surface area contributed by atoms with Crippen LogP contribution in [0.15, 0.2) is 103 Å². The van der Waals surface area contributed by atoms with E-state index in [0.717, 1.165) is 71.6 Å². The standard InChI is InChI=1S/C35H22F2N4/c1-19-4-2-6-25-28(18-39-34(19)25)32-15-12-26-22(10-13-29(37)35(26)41-32)21-5-3-7-30-23(21)11-14-31(40-30)27-17-38-33-16-20(36)8-9-24(27)33/h2-18,38-39H,1H3. The molecule has 0 saturated carbocycles. The Morgan fingerprint density at radius 3 is 2.22 bits per heavy atom. The number of nitrogens with one attached hydrogen (secondary N) is 2. The fraction of sp³-hybridized carbons (Fsp3) is 0.0286. The van der Waals surface area contributed by atoms with E-state index in [1.807, 2.05) is 67.0 Å². The molecule has 6 heteroatoms. The average Bonchev–Trinajstić information content (AvgIpc) is 3.62. The Balaban J connectivity index is 1.27. The maximum absolute atomic E-state index is 15.2. The minimum absolute atomic E-state index is 0.285. The molecule has 41 heavy (non-hydrogen) atoms. The lowest BCUT2D eigenvalue weighted by Crippen LogP contribution is -1.92. The first-order valence-electron chi connectivity index (χ1n) is 13.4. The fourth-order valence-corrected chi connectivity index (χ4v) is 5.94. The molecule has 0 aliphatic carbocycles. The molecule has 0 radical (unpaired) electrons. The van der Waals surface area contributed by atoms with Gasteiger partial charge in [-0.1, -0.05) is 42.5 Å². The maximum atomic E-state index is 15.2. The second kappa shape index (κ2) is 8.83. The highest BCUT2D eigenvalue weighted by atomic mass is 19.1. The van der Waals surface area contributed by atoms with Crippen molar-refractivity contribution in [1.82, 2.24) is 19.9 Å².